The summed E-state index contributed by atoms with van der Waals surface area (Å²) in [5.41, 5.74) is 3.52. The molecule has 1 amide bonds. The molecule has 7 heteroatoms. The van der Waals surface area contributed by atoms with Crippen LogP contribution in [0.5, 0.6) is 0 Å². The minimum Gasteiger partial charge on any atom is -0.271 e. The number of benzene rings is 2. The fourth-order valence-corrected chi connectivity index (χ4v) is 2.35. The maximum atomic E-state index is 13.4. The van der Waals surface area contributed by atoms with Crippen LogP contribution in [0.25, 0.3) is 0 Å². The van der Waals surface area contributed by atoms with E-state index < -0.39 is 17.5 Å². The molecule has 0 unspecified atom stereocenters. The second-order valence-electron chi connectivity index (χ2n) is 5.59. The van der Waals surface area contributed by atoms with E-state index in [1.54, 1.807) is 12.1 Å². The zero-order valence-electron chi connectivity index (χ0n) is 12.6. The summed E-state index contributed by atoms with van der Waals surface area (Å²) in [5, 5.41) is 0.979. The molecule has 1 aliphatic carbocycles. The van der Waals surface area contributed by atoms with Crippen LogP contribution >= 0.6 is 22.6 Å². The molecule has 24 heavy (non-hydrogen) atoms. The van der Waals surface area contributed by atoms with Crippen LogP contribution in [0.3, 0.4) is 0 Å². The quantitative estimate of drug-likeness (QED) is 0.532. The molecule has 0 bridgehead atoms. The molecule has 1 aliphatic rings. The molecule has 2 aromatic carbocycles. The number of amides is 1. The molecule has 0 aliphatic heterocycles. The van der Waals surface area contributed by atoms with E-state index in [9.17, 15) is 13.6 Å². The standard InChI is InChI=1S/C17H15F2IN2O2/c18-15-8-3-12(9-16(15)19)17(23)22(24-10-11-1-2-11)21-14-6-4-13(20)5-7-14/h3-9,11,21H,1-2,10H2. The number of hydrazine groups is 1. The summed E-state index contributed by atoms with van der Waals surface area (Å²) in [4.78, 5) is 18.1. The van der Waals surface area contributed by atoms with Gasteiger partial charge >= 0.3 is 0 Å². The molecule has 1 N–H and O–H groups in total. The first-order valence-electron chi connectivity index (χ1n) is 7.47. The van der Waals surface area contributed by atoms with Crippen LogP contribution in [-0.2, 0) is 4.84 Å². The van der Waals surface area contributed by atoms with Gasteiger partial charge in [0.25, 0.3) is 5.91 Å². The molecule has 0 spiro atoms. The van der Waals surface area contributed by atoms with Gasteiger partial charge in [-0.15, -0.1) is 5.17 Å². The van der Waals surface area contributed by atoms with Crippen molar-refractivity contribution in [1.82, 2.24) is 5.17 Å². The van der Waals surface area contributed by atoms with Gasteiger partial charge in [0.15, 0.2) is 11.6 Å². The third-order valence-electron chi connectivity index (χ3n) is 3.56. The van der Waals surface area contributed by atoms with Crippen LogP contribution < -0.4 is 5.43 Å². The summed E-state index contributed by atoms with van der Waals surface area (Å²) in [6.45, 7) is 0.396. The Labute approximate surface area is 151 Å². The summed E-state index contributed by atoms with van der Waals surface area (Å²) < 4.78 is 27.5. The predicted octanol–water partition coefficient (Wildman–Crippen LogP) is 4.38. The average Bonchev–Trinajstić information content (AvgIpc) is 3.39. The molecule has 3 rings (SSSR count). The number of carbonyl (C=O) groups is 1. The van der Waals surface area contributed by atoms with E-state index in [1.807, 2.05) is 12.1 Å². The van der Waals surface area contributed by atoms with E-state index in [0.717, 1.165) is 33.7 Å². The van der Waals surface area contributed by atoms with Crippen LogP contribution in [0.4, 0.5) is 14.5 Å². The fourth-order valence-electron chi connectivity index (χ4n) is 1.99. The van der Waals surface area contributed by atoms with Crippen LogP contribution in [-0.4, -0.2) is 17.7 Å². The van der Waals surface area contributed by atoms with Gasteiger partial charge in [-0.25, -0.2) is 8.78 Å². The highest BCUT2D eigenvalue weighted by Crippen LogP contribution is 2.29. The highest BCUT2D eigenvalue weighted by Gasteiger charge is 2.25. The average molecular weight is 444 g/mol. The Morgan fingerprint density at radius 1 is 1.17 bits per heavy atom. The van der Waals surface area contributed by atoms with Crippen molar-refractivity contribution >= 4 is 34.2 Å². The Balaban J connectivity index is 1.77. The Kier molecular flexibility index (Phi) is 5.30. The van der Waals surface area contributed by atoms with Crippen molar-refractivity contribution in [2.75, 3.05) is 12.0 Å². The Morgan fingerprint density at radius 3 is 2.50 bits per heavy atom. The normalized spacial score (nSPS) is 13.6. The molecule has 0 atom stereocenters. The van der Waals surface area contributed by atoms with Gasteiger partial charge in [-0.05, 0) is 83.8 Å². The molecule has 0 aromatic heterocycles. The van der Waals surface area contributed by atoms with E-state index in [1.165, 1.54) is 6.07 Å². The smallest absolute Gasteiger partial charge is 0.271 e. The SMILES string of the molecule is O=C(c1ccc(F)c(F)c1)N(Nc1ccc(I)cc1)OCC1CC1. The third kappa shape index (κ3) is 4.41. The lowest BCUT2D eigenvalue weighted by atomic mass is 10.2. The lowest BCUT2D eigenvalue weighted by molar-refractivity contribution is -0.110. The van der Waals surface area contributed by atoms with Gasteiger partial charge in [-0.1, -0.05) is 0 Å². The minimum absolute atomic E-state index is 0.00251. The van der Waals surface area contributed by atoms with Crippen molar-refractivity contribution in [3.8, 4) is 0 Å². The summed E-state index contributed by atoms with van der Waals surface area (Å²) >= 11 is 2.18. The number of halogens is 3. The monoisotopic (exact) mass is 444 g/mol. The Morgan fingerprint density at radius 2 is 1.88 bits per heavy atom. The van der Waals surface area contributed by atoms with Crippen molar-refractivity contribution in [3.63, 3.8) is 0 Å². The number of hydrogen-bond acceptors (Lipinski definition) is 3. The number of nitrogens with zero attached hydrogens (tertiary/aromatic N) is 1. The zero-order chi connectivity index (χ0) is 17.1. The number of anilines is 1. The first-order valence-corrected chi connectivity index (χ1v) is 8.55. The van der Waals surface area contributed by atoms with Crippen LogP contribution in [0.2, 0.25) is 0 Å². The molecule has 2 aromatic rings. The molecular formula is C17H15F2IN2O2. The van der Waals surface area contributed by atoms with Crippen LogP contribution in [0.15, 0.2) is 42.5 Å². The van der Waals surface area contributed by atoms with Gasteiger partial charge in [0.05, 0.1) is 12.3 Å². The van der Waals surface area contributed by atoms with Gasteiger partial charge in [0, 0.05) is 9.13 Å². The first-order chi connectivity index (χ1) is 11.5. The lowest BCUT2D eigenvalue weighted by Gasteiger charge is -2.23. The lowest BCUT2D eigenvalue weighted by Crippen LogP contribution is -2.37. The number of nitrogens with one attached hydrogen (secondary N) is 1. The highest BCUT2D eigenvalue weighted by molar-refractivity contribution is 14.1. The summed E-state index contributed by atoms with van der Waals surface area (Å²) in [6.07, 6.45) is 2.13. The Bertz CT molecular complexity index is 736. The highest BCUT2D eigenvalue weighted by atomic mass is 127. The molecule has 1 fully saturated rings. The largest absolute Gasteiger partial charge is 0.297 e. The van der Waals surface area contributed by atoms with E-state index in [-0.39, 0.29) is 5.56 Å². The third-order valence-corrected chi connectivity index (χ3v) is 4.28. The summed E-state index contributed by atoms with van der Waals surface area (Å²) in [5.74, 6) is -2.23. The maximum Gasteiger partial charge on any atom is 0.297 e. The number of hydroxylamine groups is 1. The van der Waals surface area contributed by atoms with E-state index in [2.05, 4.69) is 28.0 Å². The van der Waals surface area contributed by atoms with Gasteiger partial charge in [0.1, 0.15) is 0 Å². The maximum absolute atomic E-state index is 13.4. The molecule has 0 heterocycles. The van der Waals surface area contributed by atoms with Gasteiger partial charge in [0.2, 0.25) is 0 Å². The van der Waals surface area contributed by atoms with E-state index in [4.69, 9.17) is 4.84 Å². The fraction of sp³-hybridized carbons (Fsp3) is 0.235. The van der Waals surface area contributed by atoms with Crippen molar-refractivity contribution in [3.05, 3.63) is 63.2 Å². The molecular weight excluding hydrogens is 429 g/mol. The Hall–Kier alpha value is -1.74. The number of hydrogen-bond donors (Lipinski definition) is 1. The second kappa shape index (κ2) is 7.43. The van der Waals surface area contributed by atoms with Crippen LogP contribution in [0, 0.1) is 21.1 Å². The van der Waals surface area contributed by atoms with Gasteiger partial charge < -0.3 is 0 Å². The molecule has 0 radical (unpaired) electrons. The van der Waals surface area contributed by atoms with Gasteiger partial charge in [-0.3, -0.25) is 15.1 Å². The van der Waals surface area contributed by atoms with Gasteiger partial charge in [-0.2, -0.15) is 0 Å². The number of rotatable bonds is 6. The zero-order valence-corrected chi connectivity index (χ0v) is 14.8. The molecule has 4 nitrogen and oxygen atoms in total. The van der Waals surface area contributed by atoms with Crippen molar-refractivity contribution in [2.24, 2.45) is 5.92 Å². The molecule has 0 saturated heterocycles. The number of carbonyl (C=O) groups excluding carboxylic acids is 1. The van der Waals surface area contributed by atoms with Crippen LogP contribution in [0.1, 0.15) is 23.2 Å². The van der Waals surface area contributed by atoms with Crippen molar-refractivity contribution in [1.29, 1.82) is 0 Å². The van der Waals surface area contributed by atoms with E-state index in [0.29, 0.717) is 18.2 Å². The first kappa shape index (κ1) is 17.1. The summed E-state index contributed by atoms with van der Waals surface area (Å²) in [7, 11) is 0. The minimum atomic E-state index is -1.07. The topological polar surface area (TPSA) is 41.6 Å². The second-order valence-corrected chi connectivity index (χ2v) is 6.83. The molecule has 1 saturated carbocycles. The van der Waals surface area contributed by atoms with Crippen molar-refractivity contribution < 1.29 is 18.4 Å². The van der Waals surface area contributed by atoms with E-state index >= 15 is 0 Å². The molecule has 126 valence electrons. The van der Waals surface area contributed by atoms with Crippen molar-refractivity contribution in [2.45, 2.75) is 12.8 Å². The summed E-state index contributed by atoms with van der Waals surface area (Å²) in [6, 6.07) is 10.4. The predicted molar refractivity (Wildman–Crippen MR) is 94.0 cm³/mol.